The number of anilines is 1. The largest absolute Gasteiger partial charge is 0.453 e. The highest BCUT2D eigenvalue weighted by atomic mass is 35.5. The fourth-order valence-electron chi connectivity index (χ4n) is 6.06. The van der Waals surface area contributed by atoms with Gasteiger partial charge in [-0.1, -0.05) is 35.3 Å². The Bertz CT molecular complexity index is 1720. The van der Waals surface area contributed by atoms with Gasteiger partial charge in [0.05, 0.1) is 22.9 Å². The number of methoxy groups -OCH3 is 1. The number of amides is 2. The Morgan fingerprint density at radius 2 is 1.93 bits per heavy atom. The summed E-state index contributed by atoms with van der Waals surface area (Å²) in [7, 11) is -2.33. The maximum absolute atomic E-state index is 15.3. The third kappa shape index (κ3) is 7.77. The maximum atomic E-state index is 15.3. The lowest BCUT2D eigenvalue weighted by Gasteiger charge is -2.37. The lowest BCUT2D eigenvalue weighted by atomic mass is 9.85. The van der Waals surface area contributed by atoms with E-state index in [0.29, 0.717) is 31.5 Å². The molecule has 246 valence electrons. The molecule has 5 rings (SSSR count). The Morgan fingerprint density at radius 1 is 1.13 bits per heavy atom. The van der Waals surface area contributed by atoms with Crippen LogP contribution in [0.1, 0.15) is 41.9 Å². The highest BCUT2D eigenvalue weighted by Crippen LogP contribution is 2.33. The first-order valence-electron chi connectivity index (χ1n) is 14.7. The number of carbonyl (C=O) groups excluding carboxylic acids is 2. The zero-order chi connectivity index (χ0) is 33.0. The van der Waals surface area contributed by atoms with Gasteiger partial charge >= 0.3 is 6.09 Å². The number of aromatic nitrogens is 1. The van der Waals surface area contributed by atoms with Gasteiger partial charge in [0.1, 0.15) is 17.7 Å². The smallest absolute Gasteiger partial charge is 0.407 e. The van der Waals surface area contributed by atoms with Crippen molar-refractivity contribution in [1.82, 2.24) is 19.9 Å². The molecule has 2 bridgehead atoms. The number of ether oxygens (including phenoxy) is 1. The van der Waals surface area contributed by atoms with Crippen molar-refractivity contribution in [3.8, 4) is 0 Å². The van der Waals surface area contributed by atoms with E-state index >= 15 is 4.39 Å². The number of fused-ring (bicyclic) bond motifs is 2. The van der Waals surface area contributed by atoms with Crippen molar-refractivity contribution in [1.29, 1.82) is 0 Å². The van der Waals surface area contributed by atoms with Crippen LogP contribution in [-0.2, 0) is 26.0 Å². The summed E-state index contributed by atoms with van der Waals surface area (Å²) in [6.45, 7) is 0.790. The summed E-state index contributed by atoms with van der Waals surface area (Å²) in [5.41, 5.74) is 0.934. The van der Waals surface area contributed by atoms with Gasteiger partial charge in [-0.3, -0.25) is 9.78 Å². The number of piperazine rings is 1. The molecule has 46 heavy (non-hydrogen) atoms. The van der Waals surface area contributed by atoms with E-state index in [1.54, 1.807) is 0 Å². The quantitative estimate of drug-likeness (QED) is 0.292. The van der Waals surface area contributed by atoms with Gasteiger partial charge in [0, 0.05) is 54.7 Å². The van der Waals surface area contributed by atoms with Crippen molar-refractivity contribution in [2.45, 2.75) is 49.7 Å². The molecule has 3 aromatic rings. The fraction of sp³-hybridized carbons (Fsp3) is 0.387. The number of halogens is 4. The van der Waals surface area contributed by atoms with Gasteiger partial charge in [0.15, 0.2) is 0 Å². The first-order chi connectivity index (χ1) is 22.0. The highest BCUT2D eigenvalue weighted by molar-refractivity contribution is 7.89. The molecule has 2 aliphatic heterocycles. The predicted molar refractivity (Wildman–Crippen MR) is 170 cm³/mol. The van der Waals surface area contributed by atoms with E-state index in [1.807, 2.05) is 0 Å². The Morgan fingerprint density at radius 3 is 2.67 bits per heavy atom. The molecule has 0 saturated carbocycles. The monoisotopic (exact) mass is 695 g/mol. The number of carbonyl (C=O) groups is 2. The van der Waals surface area contributed by atoms with Crippen LogP contribution in [0.5, 0.6) is 0 Å². The molecule has 2 amide bonds. The fourth-order valence-corrected chi connectivity index (χ4v) is 8.17. The van der Waals surface area contributed by atoms with E-state index < -0.39 is 51.7 Å². The van der Waals surface area contributed by atoms with Gasteiger partial charge in [-0.2, -0.15) is 4.31 Å². The molecule has 0 radical (unpaired) electrons. The third-order valence-corrected chi connectivity index (χ3v) is 10.8. The van der Waals surface area contributed by atoms with Crippen molar-refractivity contribution in [2.75, 3.05) is 31.3 Å². The molecule has 10 nitrogen and oxygen atoms in total. The first-order valence-corrected chi connectivity index (χ1v) is 17.0. The average molecular weight is 697 g/mol. The Balaban J connectivity index is 1.46. The van der Waals surface area contributed by atoms with Gasteiger partial charge < -0.3 is 20.7 Å². The summed E-state index contributed by atoms with van der Waals surface area (Å²) in [5.74, 6) is -3.08. The number of pyridine rings is 1. The SMILES string of the molecule is COC(=O)N[C@H](C(=O)Nc1cccc(F)c1CCC1CNC2CCCS(=O)(=O)N1C2)[C@H](c1cncc(Cl)c1)c1ccc(Cl)c(F)c1. The third-order valence-electron chi connectivity index (χ3n) is 8.33. The summed E-state index contributed by atoms with van der Waals surface area (Å²) in [6.07, 6.45) is 3.61. The van der Waals surface area contributed by atoms with Crippen LogP contribution in [0.3, 0.4) is 0 Å². The van der Waals surface area contributed by atoms with Crippen molar-refractivity contribution in [2.24, 2.45) is 0 Å². The summed E-state index contributed by atoms with van der Waals surface area (Å²) >= 11 is 12.1. The molecule has 3 N–H and O–H groups in total. The van der Waals surface area contributed by atoms with Crippen LogP contribution in [0.4, 0.5) is 19.3 Å². The molecule has 3 heterocycles. The summed E-state index contributed by atoms with van der Waals surface area (Å²) in [4.78, 5) is 30.7. The normalized spacial score (nSPS) is 21.8. The van der Waals surface area contributed by atoms with E-state index in [-0.39, 0.29) is 45.1 Å². The number of rotatable bonds is 9. The molecular formula is C31H33Cl2F2N5O5S. The lowest BCUT2D eigenvalue weighted by Crippen LogP contribution is -2.57. The number of nitrogens with one attached hydrogen (secondary N) is 3. The van der Waals surface area contributed by atoms with E-state index in [4.69, 9.17) is 27.9 Å². The van der Waals surface area contributed by atoms with Gasteiger partial charge in [-0.25, -0.2) is 22.0 Å². The summed E-state index contributed by atoms with van der Waals surface area (Å²) in [6, 6.07) is 7.94. The van der Waals surface area contributed by atoms with Crippen LogP contribution < -0.4 is 16.0 Å². The van der Waals surface area contributed by atoms with Crippen LogP contribution in [0.15, 0.2) is 54.9 Å². The van der Waals surface area contributed by atoms with Crippen molar-refractivity contribution in [3.05, 3.63) is 93.2 Å². The van der Waals surface area contributed by atoms with E-state index in [2.05, 4.69) is 20.9 Å². The molecule has 15 heteroatoms. The van der Waals surface area contributed by atoms with Crippen molar-refractivity contribution >= 4 is 50.9 Å². The number of benzene rings is 2. The van der Waals surface area contributed by atoms with E-state index in [1.165, 1.54) is 53.1 Å². The zero-order valence-electron chi connectivity index (χ0n) is 24.8. The Kier molecular flexibility index (Phi) is 10.8. The molecule has 0 spiro atoms. The minimum atomic E-state index is -3.45. The van der Waals surface area contributed by atoms with Crippen LogP contribution in [-0.4, -0.2) is 73.8 Å². The standard InChI is InChI=1S/C31H33Cl2F2N5O5S/c1-45-31(42)39-29(28(19-12-20(32)15-36-14-19)18-7-10-24(33)26(35)13-18)30(41)38-27-6-2-5-25(34)23(27)9-8-22-16-37-21-4-3-11-46(43,44)40(22)17-21/h2,5-7,10,12-15,21-22,28-29,37H,3-4,8-9,11,16-17H2,1H3,(H,38,41)(H,39,42)/t21?,22?,28-,29-/m0/s1. The summed E-state index contributed by atoms with van der Waals surface area (Å²) < 4.78 is 62.2. The van der Waals surface area contributed by atoms with Gasteiger partial charge in [0.2, 0.25) is 15.9 Å². The molecule has 2 aromatic carbocycles. The van der Waals surface area contributed by atoms with Gasteiger partial charge in [-0.05, 0) is 67.1 Å². The Labute approximate surface area is 275 Å². The molecule has 5 atom stereocenters. The van der Waals surface area contributed by atoms with Crippen molar-refractivity contribution in [3.63, 3.8) is 0 Å². The number of nitrogens with zero attached hydrogens (tertiary/aromatic N) is 2. The van der Waals surface area contributed by atoms with Crippen LogP contribution >= 0.6 is 23.2 Å². The number of hydrogen-bond acceptors (Lipinski definition) is 7. The van der Waals surface area contributed by atoms with Gasteiger partial charge in [-0.15, -0.1) is 0 Å². The van der Waals surface area contributed by atoms with Crippen LogP contribution in [0.25, 0.3) is 0 Å². The van der Waals surface area contributed by atoms with E-state index in [9.17, 15) is 22.4 Å². The molecule has 0 aliphatic carbocycles. The molecule has 3 unspecified atom stereocenters. The molecule has 1 aromatic heterocycles. The minimum absolute atomic E-state index is 0.0676. The number of alkyl carbamates (subject to hydrolysis) is 1. The second-order valence-corrected chi connectivity index (χ2v) is 14.2. The Hall–Kier alpha value is -3.36. The topological polar surface area (TPSA) is 130 Å². The second-order valence-electron chi connectivity index (χ2n) is 11.3. The van der Waals surface area contributed by atoms with Crippen molar-refractivity contribution < 1.29 is 31.5 Å². The number of sulfonamides is 1. The minimum Gasteiger partial charge on any atom is -0.453 e. The average Bonchev–Trinajstić information content (AvgIpc) is 3.13. The van der Waals surface area contributed by atoms with Crippen LogP contribution in [0, 0.1) is 11.6 Å². The van der Waals surface area contributed by atoms with Gasteiger partial charge in [0.25, 0.3) is 0 Å². The number of hydrogen-bond donors (Lipinski definition) is 3. The molecule has 2 saturated heterocycles. The zero-order valence-corrected chi connectivity index (χ0v) is 27.1. The molecule has 2 fully saturated rings. The second kappa shape index (κ2) is 14.6. The molecule has 2 aliphatic rings. The van der Waals surface area contributed by atoms with Crippen LogP contribution in [0.2, 0.25) is 10.0 Å². The predicted octanol–water partition coefficient (Wildman–Crippen LogP) is 4.86. The maximum Gasteiger partial charge on any atom is 0.407 e. The molecular weight excluding hydrogens is 663 g/mol. The van der Waals surface area contributed by atoms with E-state index in [0.717, 1.165) is 19.6 Å². The highest BCUT2D eigenvalue weighted by Gasteiger charge is 2.38. The first kappa shape index (κ1) is 34.0. The summed E-state index contributed by atoms with van der Waals surface area (Å²) in [5, 5.41) is 8.74. The lowest BCUT2D eigenvalue weighted by molar-refractivity contribution is -0.118.